The molecule has 1 fully saturated rings. The molecule has 1 aliphatic rings. The third kappa shape index (κ3) is 2.10. The minimum absolute atomic E-state index is 0. The number of aliphatic hydroxyl groups is 1. The molecule has 0 amide bonds. The van der Waals surface area contributed by atoms with Crippen LogP contribution in [0.1, 0.15) is 19.3 Å². The number of aliphatic hydroxyl groups excluding tert-OH is 1. The normalized spacial score (nSPS) is 34.0. The lowest BCUT2D eigenvalue weighted by atomic mass is 10.2. The van der Waals surface area contributed by atoms with Crippen molar-refractivity contribution in [2.45, 2.75) is 31.4 Å². The Hall–Kier alpha value is 0.170. The van der Waals surface area contributed by atoms with Gasteiger partial charge in [0.2, 0.25) is 0 Å². The highest BCUT2D eigenvalue weighted by atomic mass is 35.5. The van der Waals surface area contributed by atoms with Crippen molar-refractivity contribution in [2.75, 3.05) is 0 Å². The van der Waals surface area contributed by atoms with E-state index in [1.165, 1.54) is 0 Å². The number of hydrogen-bond acceptors (Lipinski definition) is 3. The lowest BCUT2D eigenvalue weighted by Crippen LogP contribution is -2.40. The average Bonchev–Trinajstić information content (AvgIpc) is 2.14. The molecule has 3 nitrogen and oxygen atoms in total. The van der Waals surface area contributed by atoms with Gasteiger partial charge < -0.3 is 5.11 Å². The van der Waals surface area contributed by atoms with Gasteiger partial charge in [0.25, 0.3) is 0 Å². The van der Waals surface area contributed by atoms with Crippen molar-refractivity contribution in [1.29, 1.82) is 0 Å². The highest BCUT2D eigenvalue weighted by Gasteiger charge is 2.23. The van der Waals surface area contributed by atoms with Crippen molar-refractivity contribution in [3.8, 4) is 0 Å². The Morgan fingerprint density at radius 1 is 1.44 bits per heavy atom. The topological polar surface area (TPSA) is 58.3 Å². The quantitative estimate of drug-likeness (QED) is 0.360. The van der Waals surface area contributed by atoms with Crippen LogP contribution in [0.25, 0.3) is 0 Å². The monoisotopic (exact) mass is 152 g/mol. The van der Waals surface area contributed by atoms with E-state index < -0.39 is 0 Å². The molecule has 0 saturated heterocycles. The Kier molecular flexibility index (Phi) is 4.14. The fraction of sp³-hybridized carbons (Fsp3) is 1.00. The molecule has 0 heterocycles. The van der Waals surface area contributed by atoms with Gasteiger partial charge in [-0.25, -0.2) is 0 Å². The summed E-state index contributed by atoms with van der Waals surface area (Å²) in [5.41, 5.74) is 2.56. The largest absolute Gasteiger partial charge is 0.391 e. The molecule has 0 radical (unpaired) electrons. The first-order chi connectivity index (χ1) is 3.84. The Morgan fingerprint density at radius 3 is 2.33 bits per heavy atom. The molecule has 2 unspecified atom stereocenters. The number of nitrogens with one attached hydrogen (secondary N) is 1. The molecule has 0 aromatic rings. The van der Waals surface area contributed by atoms with Gasteiger partial charge in [-0.05, 0) is 19.3 Å². The first-order valence-corrected chi connectivity index (χ1v) is 2.99. The van der Waals surface area contributed by atoms with Gasteiger partial charge in [0.1, 0.15) is 0 Å². The van der Waals surface area contributed by atoms with Crippen molar-refractivity contribution in [2.24, 2.45) is 5.84 Å². The molecule has 0 spiro atoms. The molecule has 0 bridgehead atoms. The molecule has 0 aromatic carbocycles. The maximum Gasteiger partial charge on any atom is 0.0706 e. The molecule has 0 aromatic heterocycles. The van der Waals surface area contributed by atoms with Crippen LogP contribution in [-0.2, 0) is 0 Å². The number of nitrogens with two attached hydrogens (primary N) is 1. The summed E-state index contributed by atoms with van der Waals surface area (Å²) >= 11 is 0. The van der Waals surface area contributed by atoms with Crippen LogP contribution in [0.5, 0.6) is 0 Å². The van der Waals surface area contributed by atoms with Gasteiger partial charge in [0.15, 0.2) is 0 Å². The van der Waals surface area contributed by atoms with Crippen molar-refractivity contribution >= 4 is 12.4 Å². The van der Waals surface area contributed by atoms with Gasteiger partial charge in [-0.3, -0.25) is 11.3 Å². The lowest BCUT2D eigenvalue weighted by molar-refractivity contribution is 0.150. The molecule has 1 aliphatic carbocycles. The maximum absolute atomic E-state index is 9.05. The third-order valence-corrected chi connectivity index (χ3v) is 1.69. The standard InChI is InChI=1S/C5H12N2O.ClH/c6-7-4-2-1-3-5(4)8;/h4-5,7-8H,1-3,6H2;1H. The van der Waals surface area contributed by atoms with Gasteiger partial charge >= 0.3 is 0 Å². The van der Waals surface area contributed by atoms with Gasteiger partial charge in [-0.2, -0.15) is 0 Å². The molecule has 9 heavy (non-hydrogen) atoms. The number of hydrazine groups is 1. The smallest absolute Gasteiger partial charge is 0.0706 e. The predicted molar refractivity (Wildman–Crippen MR) is 38.2 cm³/mol. The highest BCUT2D eigenvalue weighted by Crippen LogP contribution is 2.17. The van der Waals surface area contributed by atoms with Gasteiger partial charge in [0.05, 0.1) is 6.10 Å². The summed E-state index contributed by atoms with van der Waals surface area (Å²) in [6.45, 7) is 0. The van der Waals surface area contributed by atoms with E-state index in [0.29, 0.717) is 0 Å². The van der Waals surface area contributed by atoms with Crippen LogP contribution >= 0.6 is 12.4 Å². The summed E-state index contributed by atoms with van der Waals surface area (Å²) in [5.74, 6) is 5.11. The second-order valence-electron chi connectivity index (χ2n) is 2.27. The van der Waals surface area contributed by atoms with E-state index in [0.717, 1.165) is 19.3 Å². The predicted octanol–water partition coefficient (Wildman–Crippen LogP) is -0.215. The number of hydrogen-bond donors (Lipinski definition) is 3. The maximum atomic E-state index is 9.05. The summed E-state index contributed by atoms with van der Waals surface area (Å²) in [6, 6.07) is 0.148. The lowest BCUT2D eigenvalue weighted by Gasteiger charge is -2.10. The zero-order valence-corrected chi connectivity index (χ0v) is 6.03. The Balaban J connectivity index is 0.000000640. The minimum atomic E-state index is -0.208. The van der Waals surface area contributed by atoms with Crippen molar-refractivity contribution in [3.05, 3.63) is 0 Å². The third-order valence-electron chi connectivity index (χ3n) is 1.69. The second-order valence-corrected chi connectivity index (χ2v) is 2.27. The summed E-state index contributed by atoms with van der Waals surface area (Å²) < 4.78 is 0. The summed E-state index contributed by atoms with van der Waals surface area (Å²) in [7, 11) is 0. The molecule has 0 aliphatic heterocycles. The summed E-state index contributed by atoms with van der Waals surface area (Å²) in [4.78, 5) is 0. The second kappa shape index (κ2) is 4.06. The van der Waals surface area contributed by atoms with Crippen LogP contribution in [0.4, 0.5) is 0 Å². The molecule has 56 valence electrons. The zero-order valence-electron chi connectivity index (χ0n) is 5.21. The molecule has 1 rings (SSSR count). The van der Waals surface area contributed by atoms with E-state index in [4.69, 9.17) is 10.9 Å². The Morgan fingerprint density at radius 2 is 2.11 bits per heavy atom. The Labute approximate surface area is 61.0 Å². The first-order valence-electron chi connectivity index (χ1n) is 2.99. The van der Waals surface area contributed by atoms with Gasteiger partial charge in [-0.15, -0.1) is 12.4 Å². The van der Waals surface area contributed by atoms with E-state index in [-0.39, 0.29) is 24.6 Å². The summed E-state index contributed by atoms with van der Waals surface area (Å²) in [6.07, 6.45) is 2.79. The Bertz CT molecular complexity index is 81.4. The highest BCUT2D eigenvalue weighted by molar-refractivity contribution is 5.85. The first kappa shape index (κ1) is 9.17. The van der Waals surface area contributed by atoms with Crippen molar-refractivity contribution in [3.63, 3.8) is 0 Å². The molecule has 4 N–H and O–H groups in total. The van der Waals surface area contributed by atoms with Crippen LogP contribution in [0, 0.1) is 0 Å². The van der Waals surface area contributed by atoms with E-state index in [1.807, 2.05) is 0 Å². The van der Waals surface area contributed by atoms with Gasteiger partial charge in [-0.1, -0.05) is 0 Å². The molecule has 1 saturated carbocycles. The van der Waals surface area contributed by atoms with Crippen LogP contribution in [0.15, 0.2) is 0 Å². The fourth-order valence-electron chi connectivity index (χ4n) is 1.13. The number of rotatable bonds is 1. The molecular weight excluding hydrogens is 140 g/mol. The van der Waals surface area contributed by atoms with Crippen LogP contribution in [0.3, 0.4) is 0 Å². The van der Waals surface area contributed by atoms with Crippen molar-refractivity contribution in [1.82, 2.24) is 5.43 Å². The van der Waals surface area contributed by atoms with E-state index >= 15 is 0 Å². The fourth-order valence-corrected chi connectivity index (χ4v) is 1.13. The van der Waals surface area contributed by atoms with Crippen LogP contribution < -0.4 is 11.3 Å². The van der Waals surface area contributed by atoms with Crippen LogP contribution in [0.2, 0.25) is 0 Å². The van der Waals surface area contributed by atoms with E-state index in [1.54, 1.807) is 0 Å². The van der Waals surface area contributed by atoms with Gasteiger partial charge in [0, 0.05) is 6.04 Å². The SMILES string of the molecule is Cl.NNC1CCCC1O. The van der Waals surface area contributed by atoms with Crippen LogP contribution in [-0.4, -0.2) is 17.3 Å². The minimum Gasteiger partial charge on any atom is -0.391 e. The number of halogens is 1. The van der Waals surface area contributed by atoms with Crippen molar-refractivity contribution < 1.29 is 5.11 Å². The molecule has 2 atom stereocenters. The molecule has 4 heteroatoms. The van der Waals surface area contributed by atoms with E-state index in [2.05, 4.69) is 5.43 Å². The summed E-state index contributed by atoms with van der Waals surface area (Å²) in [5, 5.41) is 9.05. The van der Waals surface area contributed by atoms with E-state index in [9.17, 15) is 0 Å². The average molecular weight is 153 g/mol. The molecular formula is C5H13ClN2O. The zero-order chi connectivity index (χ0) is 5.98.